The quantitative estimate of drug-likeness (QED) is 0.808. The Hall–Kier alpha value is -1.39. The van der Waals surface area contributed by atoms with Gasteiger partial charge in [0.2, 0.25) is 5.91 Å². The third-order valence-corrected chi connectivity index (χ3v) is 3.61. The van der Waals surface area contributed by atoms with Gasteiger partial charge in [-0.05, 0) is 31.9 Å². The van der Waals surface area contributed by atoms with Crippen molar-refractivity contribution in [1.29, 1.82) is 0 Å². The fraction of sp³-hybridized carbons (Fsp3) is 0.533. The molecule has 0 radical (unpaired) electrons. The lowest BCUT2D eigenvalue weighted by atomic mass is 9.80. The Morgan fingerprint density at radius 1 is 1.37 bits per heavy atom. The van der Waals surface area contributed by atoms with Crippen LogP contribution in [0, 0.1) is 0 Å². The van der Waals surface area contributed by atoms with Gasteiger partial charge in [-0.15, -0.1) is 0 Å². The number of carbonyl (C=O) groups excluding carboxylic acids is 1. The zero-order valence-electron chi connectivity index (χ0n) is 11.4. The van der Waals surface area contributed by atoms with E-state index >= 15 is 0 Å². The van der Waals surface area contributed by atoms with Crippen molar-refractivity contribution in [3.8, 4) is 0 Å². The molecule has 0 unspecified atom stereocenters. The summed E-state index contributed by atoms with van der Waals surface area (Å²) >= 11 is 0. The molecule has 0 aromatic heterocycles. The molecule has 0 aliphatic heterocycles. The van der Waals surface area contributed by atoms with E-state index in [1.165, 1.54) is 5.56 Å². The monoisotopic (exact) mass is 262 g/mol. The number of hydrogen-bond acceptors (Lipinski definition) is 3. The molecule has 0 spiro atoms. The lowest BCUT2D eigenvalue weighted by molar-refractivity contribution is -0.124. The summed E-state index contributed by atoms with van der Waals surface area (Å²) in [6.45, 7) is 1.48. The number of nitrogens with zero attached hydrogens (tertiary/aromatic N) is 1. The van der Waals surface area contributed by atoms with Crippen LogP contribution < -0.4 is 5.32 Å². The highest BCUT2D eigenvalue weighted by molar-refractivity contribution is 5.78. The van der Waals surface area contributed by atoms with Crippen LogP contribution in [0.25, 0.3) is 0 Å². The SMILES string of the molecule is CN(CC(=O)NCC1(O)CCC1)Cc1ccccc1. The maximum atomic E-state index is 11.8. The van der Waals surface area contributed by atoms with E-state index in [-0.39, 0.29) is 5.91 Å². The molecule has 1 saturated carbocycles. The van der Waals surface area contributed by atoms with Gasteiger partial charge >= 0.3 is 0 Å². The molecule has 1 amide bonds. The van der Waals surface area contributed by atoms with Gasteiger partial charge in [0.25, 0.3) is 0 Å². The van der Waals surface area contributed by atoms with E-state index in [2.05, 4.69) is 5.32 Å². The van der Waals surface area contributed by atoms with Crippen LogP contribution in [0.2, 0.25) is 0 Å². The second kappa shape index (κ2) is 6.17. The lowest BCUT2D eigenvalue weighted by Gasteiger charge is -2.36. The number of rotatable bonds is 6. The fourth-order valence-corrected chi connectivity index (χ4v) is 2.28. The molecule has 4 heteroatoms. The van der Waals surface area contributed by atoms with Gasteiger partial charge in [0, 0.05) is 13.1 Å². The summed E-state index contributed by atoms with van der Waals surface area (Å²) in [5, 5.41) is 12.7. The molecule has 0 saturated heterocycles. The van der Waals surface area contributed by atoms with Crippen molar-refractivity contribution < 1.29 is 9.90 Å². The van der Waals surface area contributed by atoms with E-state index in [1.54, 1.807) is 0 Å². The highest BCUT2D eigenvalue weighted by atomic mass is 16.3. The molecule has 4 nitrogen and oxygen atoms in total. The van der Waals surface area contributed by atoms with E-state index in [9.17, 15) is 9.90 Å². The average Bonchev–Trinajstić information content (AvgIpc) is 2.35. The first-order valence-corrected chi connectivity index (χ1v) is 6.79. The first-order chi connectivity index (χ1) is 9.07. The molecular weight excluding hydrogens is 240 g/mol. The predicted molar refractivity (Wildman–Crippen MR) is 74.6 cm³/mol. The van der Waals surface area contributed by atoms with Crippen molar-refractivity contribution in [2.24, 2.45) is 0 Å². The predicted octanol–water partition coefficient (Wildman–Crippen LogP) is 1.15. The van der Waals surface area contributed by atoms with Gasteiger partial charge in [-0.25, -0.2) is 0 Å². The van der Waals surface area contributed by atoms with E-state index in [4.69, 9.17) is 0 Å². The third-order valence-electron chi connectivity index (χ3n) is 3.61. The van der Waals surface area contributed by atoms with Gasteiger partial charge in [-0.1, -0.05) is 30.3 Å². The summed E-state index contributed by atoms with van der Waals surface area (Å²) in [4.78, 5) is 13.7. The number of amides is 1. The molecule has 2 rings (SSSR count). The Morgan fingerprint density at radius 2 is 2.05 bits per heavy atom. The molecule has 2 N–H and O–H groups in total. The van der Waals surface area contributed by atoms with Crippen LogP contribution in [0.1, 0.15) is 24.8 Å². The molecule has 19 heavy (non-hydrogen) atoms. The normalized spacial score (nSPS) is 17.0. The molecular formula is C15H22N2O2. The van der Waals surface area contributed by atoms with Gasteiger partial charge in [0.1, 0.15) is 0 Å². The van der Waals surface area contributed by atoms with Crippen LogP contribution in [-0.4, -0.2) is 41.7 Å². The Bertz CT molecular complexity index is 415. The smallest absolute Gasteiger partial charge is 0.234 e. The minimum atomic E-state index is -0.645. The van der Waals surface area contributed by atoms with Crippen molar-refractivity contribution in [2.75, 3.05) is 20.1 Å². The molecule has 1 aromatic rings. The topological polar surface area (TPSA) is 52.6 Å². The van der Waals surface area contributed by atoms with E-state index in [0.29, 0.717) is 13.1 Å². The number of hydrogen-bond donors (Lipinski definition) is 2. The van der Waals surface area contributed by atoms with E-state index in [1.807, 2.05) is 42.3 Å². The van der Waals surface area contributed by atoms with Gasteiger partial charge in [0.05, 0.1) is 12.1 Å². The zero-order valence-corrected chi connectivity index (χ0v) is 11.4. The van der Waals surface area contributed by atoms with Crippen molar-refractivity contribution in [1.82, 2.24) is 10.2 Å². The van der Waals surface area contributed by atoms with Crippen LogP contribution in [0.15, 0.2) is 30.3 Å². The molecule has 0 heterocycles. The first-order valence-electron chi connectivity index (χ1n) is 6.79. The molecule has 1 aliphatic rings. The summed E-state index contributed by atoms with van der Waals surface area (Å²) in [6, 6.07) is 10.1. The summed E-state index contributed by atoms with van der Waals surface area (Å²) in [5.41, 5.74) is 0.545. The highest BCUT2D eigenvalue weighted by Crippen LogP contribution is 2.30. The van der Waals surface area contributed by atoms with Gasteiger partial charge in [0.15, 0.2) is 0 Å². The number of nitrogens with one attached hydrogen (secondary N) is 1. The molecule has 1 fully saturated rings. The Morgan fingerprint density at radius 3 is 2.63 bits per heavy atom. The molecule has 104 valence electrons. The van der Waals surface area contributed by atoms with E-state index < -0.39 is 5.60 Å². The third kappa shape index (κ3) is 4.33. The largest absolute Gasteiger partial charge is 0.388 e. The highest BCUT2D eigenvalue weighted by Gasteiger charge is 2.34. The summed E-state index contributed by atoms with van der Waals surface area (Å²) in [7, 11) is 1.92. The molecule has 1 aliphatic carbocycles. The van der Waals surface area contributed by atoms with Crippen LogP contribution in [0.4, 0.5) is 0 Å². The Kier molecular flexibility index (Phi) is 4.56. The molecule has 1 aromatic carbocycles. The van der Waals surface area contributed by atoms with Gasteiger partial charge in [-0.2, -0.15) is 0 Å². The Balaban J connectivity index is 1.69. The van der Waals surface area contributed by atoms with Crippen molar-refractivity contribution in [3.05, 3.63) is 35.9 Å². The summed E-state index contributed by atoms with van der Waals surface area (Å²) < 4.78 is 0. The average molecular weight is 262 g/mol. The zero-order chi connectivity index (χ0) is 13.7. The second-order valence-corrected chi connectivity index (χ2v) is 5.51. The van der Waals surface area contributed by atoms with Crippen molar-refractivity contribution in [2.45, 2.75) is 31.4 Å². The van der Waals surface area contributed by atoms with Crippen LogP contribution in [0.3, 0.4) is 0 Å². The first kappa shape index (κ1) is 14.0. The van der Waals surface area contributed by atoms with Gasteiger partial charge < -0.3 is 10.4 Å². The maximum absolute atomic E-state index is 11.8. The number of carbonyl (C=O) groups is 1. The maximum Gasteiger partial charge on any atom is 0.234 e. The van der Waals surface area contributed by atoms with E-state index in [0.717, 1.165) is 25.8 Å². The lowest BCUT2D eigenvalue weighted by Crippen LogP contribution is -2.49. The molecule has 0 atom stereocenters. The van der Waals surface area contributed by atoms with Crippen LogP contribution in [-0.2, 0) is 11.3 Å². The van der Waals surface area contributed by atoms with Crippen LogP contribution in [0.5, 0.6) is 0 Å². The van der Waals surface area contributed by atoms with Crippen molar-refractivity contribution in [3.63, 3.8) is 0 Å². The number of aliphatic hydroxyl groups is 1. The molecule has 0 bridgehead atoms. The van der Waals surface area contributed by atoms with Crippen LogP contribution >= 0.6 is 0 Å². The number of likely N-dealkylation sites (N-methyl/N-ethyl adjacent to an activating group) is 1. The fourth-order valence-electron chi connectivity index (χ4n) is 2.28. The standard InChI is InChI=1S/C15H22N2O2/c1-17(10-13-6-3-2-4-7-13)11-14(18)16-12-15(19)8-5-9-15/h2-4,6-7,19H,5,8-12H2,1H3,(H,16,18). The minimum absolute atomic E-state index is 0.0289. The van der Waals surface area contributed by atoms with Crippen molar-refractivity contribution >= 4 is 5.91 Å². The Labute approximate surface area is 114 Å². The second-order valence-electron chi connectivity index (χ2n) is 5.51. The number of benzene rings is 1. The van der Waals surface area contributed by atoms with Gasteiger partial charge in [-0.3, -0.25) is 9.69 Å². The summed E-state index contributed by atoms with van der Waals surface area (Å²) in [6.07, 6.45) is 2.65. The minimum Gasteiger partial charge on any atom is -0.388 e. The summed E-state index contributed by atoms with van der Waals surface area (Å²) in [5.74, 6) is -0.0289.